The van der Waals surface area contributed by atoms with Crippen LogP contribution in [0.25, 0.3) is 6.08 Å². The van der Waals surface area contributed by atoms with Crippen molar-refractivity contribution in [3.63, 3.8) is 0 Å². The fraction of sp³-hybridized carbons (Fsp3) is 0.526. The Kier molecular flexibility index (Phi) is 9.25. The van der Waals surface area contributed by atoms with E-state index in [1.165, 1.54) is 37.2 Å². The van der Waals surface area contributed by atoms with Gasteiger partial charge in [-0.15, -0.1) is 0 Å². The number of methoxy groups -OCH3 is 1. The fourth-order valence-corrected chi connectivity index (χ4v) is 2.49. The molecule has 0 aromatic heterocycles. The van der Waals surface area contributed by atoms with Crippen LogP contribution in [-0.4, -0.2) is 30.8 Å². The van der Waals surface area contributed by atoms with Gasteiger partial charge in [0, 0.05) is 12.1 Å². The number of ether oxygens (including phenoxy) is 1. The third-order valence-electron chi connectivity index (χ3n) is 3.90. The number of hydrogen-bond donors (Lipinski definition) is 2. The van der Waals surface area contributed by atoms with E-state index in [0.29, 0.717) is 0 Å². The van der Waals surface area contributed by atoms with E-state index in [9.17, 15) is 4.79 Å². The predicted molar refractivity (Wildman–Crippen MR) is 94.1 cm³/mol. The molecule has 1 unspecified atom stereocenters. The molecule has 0 spiro atoms. The van der Waals surface area contributed by atoms with Crippen molar-refractivity contribution in [3.8, 4) is 0 Å². The first-order chi connectivity index (χ1) is 11.1. The van der Waals surface area contributed by atoms with Gasteiger partial charge < -0.3 is 15.6 Å². The molecule has 0 aliphatic heterocycles. The Morgan fingerprint density at radius 1 is 1.39 bits per heavy atom. The lowest BCUT2D eigenvalue weighted by molar-refractivity contribution is -0.134. The summed E-state index contributed by atoms with van der Waals surface area (Å²) in [7, 11) is 1.38. The van der Waals surface area contributed by atoms with Crippen molar-refractivity contribution in [1.82, 2.24) is 0 Å². The van der Waals surface area contributed by atoms with Crippen molar-refractivity contribution in [2.24, 2.45) is 5.73 Å². The number of unbranched alkanes of at least 4 members (excludes halogenated alkanes) is 1. The Hall–Kier alpha value is -1.65. The van der Waals surface area contributed by atoms with E-state index in [-0.39, 0.29) is 18.6 Å². The third-order valence-corrected chi connectivity index (χ3v) is 3.90. The minimum absolute atomic E-state index is 0.00921. The first kappa shape index (κ1) is 19.4. The topological polar surface area (TPSA) is 72.6 Å². The summed E-state index contributed by atoms with van der Waals surface area (Å²) >= 11 is 0. The van der Waals surface area contributed by atoms with E-state index < -0.39 is 0 Å². The molecule has 0 fully saturated rings. The molecule has 1 aromatic rings. The van der Waals surface area contributed by atoms with Crippen molar-refractivity contribution >= 4 is 12.0 Å². The molecule has 1 aromatic carbocycles. The molecule has 2 rings (SSSR count). The molecule has 1 aliphatic rings. The highest BCUT2D eigenvalue weighted by atomic mass is 16.5. The van der Waals surface area contributed by atoms with Gasteiger partial charge in [-0.25, -0.2) is 4.79 Å². The van der Waals surface area contributed by atoms with Crippen LogP contribution >= 0.6 is 0 Å². The van der Waals surface area contributed by atoms with Crippen LogP contribution in [0.2, 0.25) is 0 Å². The summed E-state index contributed by atoms with van der Waals surface area (Å²) in [6.45, 7) is 2.24. The van der Waals surface area contributed by atoms with Gasteiger partial charge in [0.05, 0.1) is 13.7 Å². The lowest BCUT2D eigenvalue weighted by Crippen LogP contribution is -2.23. The summed E-state index contributed by atoms with van der Waals surface area (Å²) in [5.41, 5.74) is 9.35. The van der Waals surface area contributed by atoms with E-state index in [1.54, 1.807) is 6.08 Å². The van der Waals surface area contributed by atoms with Gasteiger partial charge in [0.25, 0.3) is 0 Å². The molecule has 128 valence electrons. The van der Waals surface area contributed by atoms with E-state index in [4.69, 9.17) is 10.8 Å². The molecule has 0 saturated heterocycles. The van der Waals surface area contributed by atoms with Crippen LogP contribution in [-0.2, 0) is 22.4 Å². The number of benzene rings is 1. The Morgan fingerprint density at radius 2 is 2.13 bits per heavy atom. The number of esters is 1. The first-order valence-electron chi connectivity index (χ1n) is 8.35. The summed E-state index contributed by atoms with van der Waals surface area (Å²) in [5.74, 6) is -0.310. The van der Waals surface area contributed by atoms with Crippen LogP contribution in [0, 0.1) is 0 Å². The monoisotopic (exact) mass is 319 g/mol. The number of carbonyl (C=O) groups is 1. The van der Waals surface area contributed by atoms with Crippen molar-refractivity contribution in [1.29, 1.82) is 0 Å². The summed E-state index contributed by atoms with van der Waals surface area (Å²) in [5, 5.41) is 8.44. The number of aryl methyl sites for hydroxylation is 2. The largest absolute Gasteiger partial charge is 0.466 e. The number of aliphatic hydroxyl groups excluding tert-OH is 1. The summed E-state index contributed by atoms with van der Waals surface area (Å²) in [6, 6.07) is 6.36. The summed E-state index contributed by atoms with van der Waals surface area (Å²) in [4.78, 5) is 10.9. The van der Waals surface area contributed by atoms with Crippen LogP contribution < -0.4 is 5.73 Å². The van der Waals surface area contributed by atoms with Crippen LogP contribution in [0.1, 0.15) is 49.3 Å². The average Bonchev–Trinajstić information content (AvgIpc) is 3.05. The molecular weight excluding hydrogens is 290 g/mol. The molecule has 0 bridgehead atoms. The molecule has 0 radical (unpaired) electrons. The Balaban J connectivity index is 0.000000284. The number of aliphatic hydroxyl groups is 1. The lowest BCUT2D eigenvalue weighted by atomic mass is 10.1. The maximum Gasteiger partial charge on any atom is 0.330 e. The standard InChI is InChI=1S/C13H14O2.C6H15NO/c1-15-13(14)8-6-10-5-7-11-3-2-4-12(11)9-10;1-2-3-4-6(7)5-8/h5-9H,2-4H2,1H3;6,8H,2-5,7H2,1H3/b8-6+;. The van der Waals surface area contributed by atoms with Gasteiger partial charge in [-0.05, 0) is 48.4 Å². The summed E-state index contributed by atoms with van der Waals surface area (Å²) in [6.07, 6.45) is 10.1. The maximum absolute atomic E-state index is 10.9. The van der Waals surface area contributed by atoms with Gasteiger partial charge in [-0.3, -0.25) is 0 Å². The highest BCUT2D eigenvalue weighted by Gasteiger charge is 2.09. The second-order valence-corrected chi connectivity index (χ2v) is 5.82. The fourth-order valence-electron chi connectivity index (χ4n) is 2.49. The van der Waals surface area contributed by atoms with Gasteiger partial charge >= 0.3 is 5.97 Å². The summed E-state index contributed by atoms with van der Waals surface area (Å²) < 4.78 is 4.54. The maximum atomic E-state index is 10.9. The zero-order valence-corrected chi connectivity index (χ0v) is 14.3. The average molecular weight is 319 g/mol. The molecule has 1 atom stereocenters. The normalized spacial score (nSPS) is 14.1. The number of fused-ring (bicyclic) bond motifs is 1. The highest BCUT2D eigenvalue weighted by Crippen LogP contribution is 2.23. The number of rotatable bonds is 6. The lowest BCUT2D eigenvalue weighted by Gasteiger charge is -2.04. The quantitative estimate of drug-likeness (QED) is 0.625. The Morgan fingerprint density at radius 3 is 2.78 bits per heavy atom. The van der Waals surface area contributed by atoms with Crippen LogP contribution in [0.5, 0.6) is 0 Å². The molecule has 23 heavy (non-hydrogen) atoms. The van der Waals surface area contributed by atoms with E-state index in [1.807, 2.05) is 6.07 Å². The van der Waals surface area contributed by atoms with Crippen LogP contribution in [0.15, 0.2) is 24.3 Å². The van der Waals surface area contributed by atoms with Gasteiger partial charge in [-0.2, -0.15) is 0 Å². The second-order valence-electron chi connectivity index (χ2n) is 5.82. The Bertz CT molecular complexity index is 511. The SMILES string of the molecule is CCCCC(N)CO.COC(=O)/C=C/c1ccc2c(c1)CCC2. The minimum Gasteiger partial charge on any atom is -0.466 e. The van der Waals surface area contributed by atoms with Crippen LogP contribution in [0.3, 0.4) is 0 Å². The molecule has 0 amide bonds. The molecular formula is C19H29NO3. The Labute approximate surface area is 139 Å². The van der Waals surface area contributed by atoms with Gasteiger partial charge in [-0.1, -0.05) is 38.0 Å². The predicted octanol–water partition coefficient (Wildman–Crippen LogP) is 2.86. The van der Waals surface area contributed by atoms with Gasteiger partial charge in [0.1, 0.15) is 0 Å². The van der Waals surface area contributed by atoms with Crippen LogP contribution in [0.4, 0.5) is 0 Å². The first-order valence-corrected chi connectivity index (χ1v) is 8.35. The van der Waals surface area contributed by atoms with Crippen molar-refractivity contribution in [3.05, 3.63) is 41.0 Å². The van der Waals surface area contributed by atoms with Crippen molar-refractivity contribution < 1.29 is 14.6 Å². The molecule has 4 heteroatoms. The van der Waals surface area contributed by atoms with Crippen molar-refractivity contribution in [2.45, 2.75) is 51.5 Å². The zero-order chi connectivity index (χ0) is 17.1. The van der Waals surface area contributed by atoms with Gasteiger partial charge in [0.15, 0.2) is 0 Å². The third kappa shape index (κ3) is 7.44. The number of carbonyl (C=O) groups excluding carboxylic acids is 1. The van der Waals surface area contributed by atoms with E-state index in [0.717, 1.165) is 31.2 Å². The second kappa shape index (κ2) is 11.0. The van der Waals surface area contributed by atoms with Crippen molar-refractivity contribution in [2.75, 3.05) is 13.7 Å². The van der Waals surface area contributed by atoms with E-state index in [2.05, 4.69) is 23.8 Å². The van der Waals surface area contributed by atoms with E-state index >= 15 is 0 Å². The molecule has 1 aliphatic carbocycles. The highest BCUT2D eigenvalue weighted by molar-refractivity contribution is 5.86. The molecule has 4 nitrogen and oxygen atoms in total. The smallest absolute Gasteiger partial charge is 0.330 e. The number of hydrogen-bond acceptors (Lipinski definition) is 4. The minimum atomic E-state index is -0.310. The molecule has 0 saturated carbocycles. The zero-order valence-electron chi connectivity index (χ0n) is 14.3. The molecule has 0 heterocycles. The van der Waals surface area contributed by atoms with Gasteiger partial charge in [0.2, 0.25) is 0 Å². The molecule has 3 N–H and O–H groups in total. The number of nitrogens with two attached hydrogens (primary N) is 1.